The van der Waals surface area contributed by atoms with Crippen molar-refractivity contribution >= 4 is 40.4 Å². The maximum absolute atomic E-state index is 9.29. The number of pyridine rings is 1. The Morgan fingerprint density at radius 3 is 2.46 bits per heavy atom. The first-order valence-corrected chi connectivity index (χ1v) is 7.71. The topological polar surface area (TPSA) is 72.4 Å². The van der Waals surface area contributed by atoms with Crippen molar-refractivity contribution in [2.75, 3.05) is 14.2 Å². The first-order chi connectivity index (χ1) is 11.5. The van der Waals surface area contributed by atoms with Gasteiger partial charge in [-0.05, 0) is 12.1 Å². The molecule has 6 nitrogen and oxygen atoms in total. The van der Waals surface area contributed by atoms with Gasteiger partial charge in [-0.3, -0.25) is 4.40 Å². The maximum Gasteiger partial charge on any atom is 0.182 e. The normalized spacial score (nSPS) is 10.7. The summed E-state index contributed by atoms with van der Waals surface area (Å²) < 4.78 is 12.2. The van der Waals surface area contributed by atoms with E-state index in [-0.39, 0.29) is 26.4 Å². The van der Waals surface area contributed by atoms with Gasteiger partial charge in [0.15, 0.2) is 23.0 Å². The van der Waals surface area contributed by atoms with E-state index in [0.29, 0.717) is 22.9 Å². The van der Waals surface area contributed by atoms with Crippen molar-refractivity contribution in [2.24, 2.45) is 0 Å². The number of para-hydroxylation sites is 1. The second-order valence-electron chi connectivity index (χ2n) is 4.63. The Morgan fingerprint density at radius 2 is 1.83 bits per heavy atom. The smallest absolute Gasteiger partial charge is 0.182 e. The third-order valence-electron chi connectivity index (χ3n) is 3.43. The van der Waals surface area contributed by atoms with Crippen LogP contribution >= 0.6 is 34.8 Å². The fourth-order valence-electron chi connectivity index (χ4n) is 2.36. The Hall–Kier alpha value is -2.20. The van der Waals surface area contributed by atoms with Crippen molar-refractivity contribution in [3.63, 3.8) is 0 Å². The van der Waals surface area contributed by atoms with Crippen LogP contribution < -0.4 is 9.47 Å². The molecule has 0 spiro atoms. The summed E-state index contributed by atoms with van der Waals surface area (Å²) in [5.74, 6) is 1.32. The fraction of sp³-hybridized carbons (Fsp3) is 0.133. The van der Waals surface area contributed by atoms with Gasteiger partial charge in [0.2, 0.25) is 0 Å². The average molecular weight is 384 g/mol. The molecule has 0 bridgehead atoms. The lowest BCUT2D eigenvalue weighted by Crippen LogP contribution is -1.99. The molecule has 0 aliphatic carbocycles. The van der Waals surface area contributed by atoms with Gasteiger partial charge in [-0.1, -0.05) is 40.9 Å². The number of benzene rings is 1. The van der Waals surface area contributed by atoms with Gasteiger partial charge in [-0.2, -0.15) is 5.26 Å². The Morgan fingerprint density at radius 1 is 1.08 bits per heavy atom. The molecule has 24 heavy (non-hydrogen) atoms. The summed E-state index contributed by atoms with van der Waals surface area (Å²) >= 11 is 18.6. The number of methoxy groups -OCH3 is 2. The number of rotatable bonds is 3. The van der Waals surface area contributed by atoms with E-state index in [1.54, 1.807) is 18.2 Å². The summed E-state index contributed by atoms with van der Waals surface area (Å²) in [5.41, 5.74) is 0.859. The molecular weight excluding hydrogens is 375 g/mol. The van der Waals surface area contributed by atoms with Gasteiger partial charge >= 0.3 is 0 Å². The summed E-state index contributed by atoms with van der Waals surface area (Å²) in [6.07, 6.45) is 0. The summed E-state index contributed by atoms with van der Waals surface area (Å²) in [4.78, 5) is 0. The molecule has 0 saturated heterocycles. The van der Waals surface area contributed by atoms with Gasteiger partial charge in [0, 0.05) is 0 Å². The van der Waals surface area contributed by atoms with Crippen LogP contribution in [0.3, 0.4) is 0 Å². The second-order valence-corrected chi connectivity index (χ2v) is 5.74. The molecule has 0 fully saturated rings. The van der Waals surface area contributed by atoms with Crippen LogP contribution in [-0.4, -0.2) is 28.8 Å². The SMILES string of the molecule is COc1cccc(-c2nnc3c(Cl)c(Cl)c(C#N)c(Cl)n23)c1OC. The van der Waals surface area contributed by atoms with Crippen molar-refractivity contribution in [3.8, 4) is 29.0 Å². The minimum absolute atomic E-state index is 0.0354. The van der Waals surface area contributed by atoms with Crippen LogP contribution in [0, 0.1) is 11.3 Å². The van der Waals surface area contributed by atoms with E-state index in [2.05, 4.69) is 10.2 Å². The molecule has 0 atom stereocenters. The molecule has 0 aliphatic heterocycles. The van der Waals surface area contributed by atoms with Gasteiger partial charge in [-0.15, -0.1) is 10.2 Å². The fourth-order valence-corrected chi connectivity index (χ4v) is 3.13. The number of hydrogen-bond donors (Lipinski definition) is 0. The Labute approximate surface area is 152 Å². The van der Waals surface area contributed by atoms with E-state index < -0.39 is 0 Å². The van der Waals surface area contributed by atoms with Crippen molar-refractivity contribution in [1.29, 1.82) is 5.26 Å². The zero-order valence-electron chi connectivity index (χ0n) is 12.5. The number of halogens is 3. The number of nitrogens with zero attached hydrogens (tertiary/aromatic N) is 4. The van der Waals surface area contributed by atoms with Crippen LogP contribution in [0.1, 0.15) is 5.56 Å². The Balaban J connectivity index is 2.42. The molecule has 3 aromatic rings. The summed E-state index contributed by atoms with van der Waals surface area (Å²) in [6.45, 7) is 0. The van der Waals surface area contributed by atoms with Gasteiger partial charge < -0.3 is 9.47 Å². The van der Waals surface area contributed by atoms with Crippen molar-refractivity contribution in [2.45, 2.75) is 0 Å². The first kappa shape index (κ1) is 16.7. The van der Waals surface area contributed by atoms with Crippen LogP contribution in [0.15, 0.2) is 18.2 Å². The van der Waals surface area contributed by atoms with Gasteiger partial charge in [-0.25, -0.2) is 0 Å². The number of hydrogen-bond acceptors (Lipinski definition) is 5. The third-order valence-corrected chi connectivity index (χ3v) is 4.62. The highest BCUT2D eigenvalue weighted by Crippen LogP contribution is 2.40. The molecule has 0 amide bonds. The monoisotopic (exact) mass is 382 g/mol. The Bertz CT molecular complexity index is 995. The molecule has 3 rings (SSSR count). The van der Waals surface area contributed by atoms with E-state index >= 15 is 0 Å². The predicted molar refractivity (Wildman–Crippen MR) is 91.3 cm³/mol. The number of aromatic nitrogens is 3. The maximum atomic E-state index is 9.29. The van der Waals surface area contributed by atoms with Crippen LogP contribution in [0.4, 0.5) is 0 Å². The molecule has 0 N–H and O–H groups in total. The van der Waals surface area contributed by atoms with Crippen LogP contribution in [0.25, 0.3) is 17.0 Å². The van der Waals surface area contributed by atoms with Crippen LogP contribution in [-0.2, 0) is 0 Å². The molecule has 9 heteroatoms. The van der Waals surface area contributed by atoms with Crippen LogP contribution in [0.2, 0.25) is 15.2 Å². The zero-order chi connectivity index (χ0) is 17.4. The zero-order valence-corrected chi connectivity index (χ0v) is 14.7. The van der Waals surface area contributed by atoms with Crippen LogP contribution in [0.5, 0.6) is 11.5 Å². The lowest BCUT2D eigenvalue weighted by molar-refractivity contribution is 0.356. The van der Waals surface area contributed by atoms with E-state index in [0.717, 1.165) is 0 Å². The predicted octanol–water partition coefficient (Wildman–Crippen LogP) is 4.25. The standard InChI is InChI=1S/C15H9Cl3N4O2/c1-23-9-5-3-4-7(12(9)24-2)14-20-21-15-11(17)10(16)8(6-19)13(18)22(14)15/h3-5H,1-2H3. The lowest BCUT2D eigenvalue weighted by Gasteiger charge is -2.12. The van der Waals surface area contributed by atoms with E-state index in [4.69, 9.17) is 44.3 Å². The highest BCUT2D eigenvalue weighted by Gasteiger charge is 2.24. The van der Waals surface area contributed by atoms with Gasteiger partial charge in [0.25, 0.3) is 0 Å². The molecule has 0 saturated carbocycles. The van der Waals surface area contributed by atoms with E-state index in [1.807, 2.05) is 6.07 Å². The first-order valence-electron chi connectivity index (χ1n) is 6.58. The van der Waals surface area contributed by atoms with E-state index in [9.17, 15) is 5.26 Å². The van der Waals surface area contributed by atoms with Gasteiger partial charge in [0.05, 0.1) is 24.8 Å². The molecule has 0 unspecified atom stereocenters. The number of fused-ring (bicyclic) bond motifs is 1. The minimum atomic E-state index is 0.0354. The lowest BCUT2D eigenvalue weighted by atomic mass is 10.1. The molecule has 122 valence electrons. The quantitative estimate of drug-likeness (QED) is 0.632. The molecule has 2 heterocycles. The summed E-state index contributed by atoms with van der Waals surface area (Å²) in [7, 11) is 3.04. The average Bonchev–Trinajstić information content (AvgIpc) is 3.04. The second kappa shape index (κ2) is 6.36. The highest BCUT2D eigenvalue weighted by atomic mass is 35.5. The molecular formula is C15H9Cl3N4O2. The largest absolute Gasteiger partial charge is 0.493 e. The molecule has 0 radical (unpaired) electrons. The minimum Gasteiger partial charge on any atom is -0.493 e. The van der Waals surface area contributed by atoms with Crippen molar-refractivity contribution < 1.29 is 9.47 Å². The summed E-state index contributed by atoms with van der Waals surface area (Å²) in [5, 5.41) is 17.6. The van der Waals surface area contributed by atoms with Crippen molar-refractivity contribution in [1.82, 2.24) is 14.6 Å². The molecule has 2 aromatic heterocycles. The highest BCUT2D eigenvalue weighted by molar-refractivity contribution is 6.46. The van der Waals surface area contributed by atoms with Crippen molar-refractivity contribution in [3.05, 3.63) is 39.0 Å². The number of ether oxygens (including phenoxy) is 2. The third kappa shape index (κ3) is 2.33. The van der Waals surface area contributed by atoms with E-state index in [1.165, 1.54) is 18.6 Å². The Kier molecular flexibility index (Phi) is 4.41. The molecule has 0 aliphatic rings. The number of nitriles is 1. The summed E-state index contributed by atoms with van der Waals surface area (Å²) in [6, 6.07) is 7.22. The molecule has 1 aromatic carbocycles. The van der Waals surface area contributed by atoms with Gasteiger partial charge in [0.1, 0.15) is 21.8 Å².